The standard InChI is InChI=1S/C56H35N3O/c1-2-12-34(13-3-1)47-32-28-37-26-27-38-29-33-48(58-54(38)53(37)57-47)35-22-24-36(25-23-35)52-51-42(41-16-6-10-20-49(41)59-52)30-31-46-55(51)60-50-21-11-9-19-45(50)56(46)43-17-7-4-14-39(43)40-15-5-8-18-44(40)56/h1-33,48,58H. The fourth-order valence-corrected chi connectivity index (χ4v) is 10.3. The Bertz CT molecular complexity index is 3400. The molecule has 0 amide bonds. The van der Waals surface area contributed by atoms with E-state index in [1.165, 1.54) is 22.3 Å². The molecule has 4 nitrogen and oxygen atoms in total. The molecule has 4 heterocycles. The highest BCUT2D eigenvalue weighted by Crippen LogP contribution is 2.63. The van der Waals surface area contributed by atoms with Crippen molar-refractivity contribution in [2.75, 3.05) is 5.32 Å². The first-order chi connectivity index (χ1) is 29.7. The number of nitrogens with one attached hydrogen (secondary N) is 1. The summed E-state index contributed by atoms with van der Waals surface area (Å²) in [5, 5.41) is 8.21. The smallest absolute Gasteiger partial charge is 0.142 e. The van der Waals surface area contributed by atoms with E-state index in [9.17, 15) is 0 Å². The van der Waals surface area contributed by atoms with Crippen molar-refractivity contribution in [3.63, 3.8) is 0 Å². The SMILES string of the molecule is C1=CC(c2ccc(-c3nc4ccccc4c4ccc5c(c34)Oc3ccccc3C53c4ccccc4-c4ccccc43)cc2)Nc2c1ccc1ccc(-c3ccccc3)nc21. The third-order valence-corrected chi connectivity index (χ3v) is 13.0. The van der Waals surface area contributed by atoms with Gasteiger partial charge in [0.15, 0.2) is 0 Å². The fourth-order valence-electron chi connectivity index (χ4n) is 10.3. The maximum Gasteiger partial charge on any atom is 0.142 e. The molecule has 1 aliphatic carbocycles. The van der Waals surface area contributed by atoms with Gasteiger partial charge in [0.2, 0.25) is 0 Å². The minimum atomic E-state index is -0.561. The molecule has 1 atom stereocenters. The molecule has 1 spiro atoms. The lowest BCUT2D eigenvalue weighted by Crippen LogP contribution is -2.32. The maximum absolute atomic E-state index is 7.18. The first kappa shape index (κ1) is 33.2. The van der Waals surface area contributed by atoms with Gasteiger partial charge < -0.3 is 10.1 Å². The van der Waals surface area contributed by atoms with Crippen LogP contribution in [-0.2, 0) is 5.41 Å². The summed E-state index contributed by atoms with van der Waals surface area (Å²) in [4.78, 5) is 10.6. The third kappa shape index (κ3) is 4.61. The van der Waals surface area contributed by atoms with Crippen molar-refractivity contribution in [1.29, 1.82) is 0 Å². The molecule has 60 heavy (non-hydrogen) atoms. The molecule has 280 valence electrons. The van der Waals surface area contributed by atoms with E-state index in [1.807, 2.05) is 6.07 Å². The Hall–Kier alpha value is -7.82. The average Bonchev–Trinajstić information content (AvgIpc) is 3.61. The summed E-state index contributed by atoms with van der Waals surface area (Å²) < 4.78 is 7.18. The molecular formula is C56H35N3O. The summed E-state index contributed by atoms with van der Waals surface area (Å²) in [6.45, 7) is 0. The van der Waals surface area contributed by atoms with Crippen molar-refractivity contribution < 1.29 is 4.74 Å². The molecule has 8 aromatic carbocycles. The second kappa shape index (κ2) is 12.6. The van der Waals surface area contributed by atoms with Crippen molar-refractivity contribution >= 4 is 44.3 Å². The molecule has 0 bridgehead atoms. The van der Waals surface area contributed by atoms with Gasteiger partial charge in [0.05, 0.1) is 45.0 Å². The number of aromatic nitrogens is 2. The molecule has 10 aromatic rings. The first-order valence-electron chi connectivity index (χ1n) is 20.6. The van der Waals surface area contributed by atoms with E-state index >= 15 is 0 Å². The van der Waals surface area contributed by atoms with E-state index in [1.54, 1.807) is 0 Å². The Morgan fingerprint density at radius 2 is 1.22 bits per heavy atom. The number of para-hydroxylation sites is 2. The van der Waals surface area contributed by atoms with Gasteiger partial charge >= 0.3 is 0 Å². The lowest BCUT2D eigenvalue weighted by Gasteiger charge is -2.40. The number of ether oxygens (including phenoxy) is 1. The van der Waals surface area contributed by atoms with E-state index in [2.05, 4.69) is 199 Å². The molecule has 0 radical (unpaired) electrons. The highest BCUT2D eigenvalue weighted by molar-refractivity contribution is 6.14. The van der Waals surface area contributed by atoms with Crippen LogP contribution in [0, 0.1) is 0 Å². The minimum Gasteiger partial charge on any atom is -0.456 e. The summed E-state index contributed by atoms with van der Waals surface area (Å²) >= 11 is 0. The summed E-state index contributed by atoms with van der Waals surface area (Å²) in [5.41, 5.74) is 16.1. The van der Waals surface area contributed by atoms with Crippen LogP contribution in [0.1, 0.15) is 39.4 Å². The molecule has 0 saturated heterocycles. The molecule has 1 N–H and O–H groups in total. The summed E-state index contributed by atoms with van der Waals surface area (Å²) in [6.07, 6.45) is 4.46. The number of anilines is 1. The van der Waals surface area contributed by atoms with E-state index in [0.29, 0.717) is 0 Å². The zero-order chi connectivity index (χ0) is 39.4. The van der Waals surface area contributed by atoms with Gasteiger partial charge in [0.25, 0.3) is 0 Å². The highest BCUT2D eigenvalue weighted by atomic mass is 16.5. The molecule has 2 aromatic heterocycles. The number of benzene rings is 8. The zero-order valence-corrected chi connectivity index (χ0v) is 32.4. The maximum atomic E-state index is 7.18. The quantitative estimate of drug-likeness (QED) is 0.182. The molecule has 2 aliphatic heterocycles. The second-order valence-corrected chi connectivity index (χ2v) is 16.0. The number of rotatable bonds is 3. The van der Waals surface area contributed by atoms with E-state index in [0.717, 1.165) is 94.5 Å². The van der Waals surface area contributed by atoms with Gasteiger partial charge in [0.1, 0.15) is 11.5 Å². The summed E-state index contributed by atoms with van der Waals surface area (Å²) in [6, 6.07) is 67.3. The zero-order valence-electron chi connectivity index (χ0n) is 32.4. The van der Waals surface area contributed by atoms with Crippen LogP contribution in [0.4, 0.5) is 5.69 Å². The van der Waals surface area contributed by atoms with Crippen molar-refractivity contribution in [3.05, 3.63) is 228 Å². The van der Waals surface area contributed by atoms with E-state index in [4.69, 9.17) is 14.7 Å². The molecule has 1 unspecified atom stereocenters. The van der Waals surface area contributed by atoms with Crippen LogP contribution in [0.2, 0.25) is 0 Å². The predicted octanol–water partition coefficient (Wildman–Crippen LogP) is 13.9. The number of hydrogen-bond donors (Lipinski definition) is 1. The van der Waals surface area contributed by atoms with Crippen LogP contribution >= 0.6 is 0 Å². The number of hydrogen-bond acceptors (Lipinski definition) is 4. The average molecular weight is 766 g/mol. The van der Waals surface area contributed by atoms with Crippen LogP contribution in [0.3, 0.4) is 0 Å². The normalized spacial score (nSPS) is 15.2. The molecule has 4 heteroatoms. The number of pyridine rings is 2. The predicted molar refractivity (Wildman–Crippen MR) is 245 cm³/mol. The Kier molecular flexibility index (Phi) is 6.96. The van der Waals surface area contributed by atoms with Crippen molar-refractivity contribution in [1.82, 2.24) is 9.97 Å². The summed E-state index contributed by atoms with van der Waals surface area (Å²) in [5.74, 6) is 1.73. The van der Waals surface area contributed by atoms with Crippen molar-refractivity contribution in [3.8, 4) is 45.1 Å². The first-order valence-corrected chi connectivity index (χ1v) is 20.6. The van der Waals surface area contributed by atoms with Gasteiger partial charge in [0, 0.05) is 33.0 Å². The Morgan fingerprint density at radius 3 is 2.03 bits per heavy atom. The van der Waals surface area contributed by atoms with Gasteiger partial charge in [-0.3, -0.25) is 0 Å². The van der Waals surface area contributed by atoms with Crippen LogP contribution in [0.5, 0.6) is 11.5 Å². The number of nitrogens with zero attached hydrogens (tertiary/aromatic N) is 2. The highest BCUT2D eigenvalue weighted by Gasteiger charge is 2.51. The van der Waals surface area contributed by atoms with E-state index in [-0.39, 0.29) is 6.04 Å². The molecular weight excluding hydrogens is 731 g/mol. The lowest BCUT2D eigenvalue weighted by atomic mass is 9.65. The van der Waals surface area contributed by atoms with Gasteiger partial charge in [-0.05, 0) is 57.0 Å². The Balaban J connectivity index is 0.975. The Labute approximate surface area is 347 Å². The topological polar surface area (TPSA) is 47.0 Å². The molecule has 0 saturated carbocycles. The Morgan fingerprint density at radius 1 is 0.517 bits per heavy atom. The largest absolute Gasteiger partial charge is 0.456 e. The van der Waals surface area contributed by atoms with Gasteiger partial charge in [-0.25, -0.2) is 9.97 Å². The van der Waals surface area contributed by atoms with Crippen molar-refractivity contribution in [2.24, 2.45) is 0 Å². The second-order valence-electron chi connectivity index (χ2n) is 16.0. The monoisotopic (exact) mass is 765 g/mol. The van der Waals surface area contributed by atoms with Crippen molar-refractivity contribution in [2.45, 2.75) is 11.5 Å². The van der Waals surface area contributed by atoms with Crippen LogP contribution < -0.4 is 10.1 Å². The van der Waals surface area contributed by atoms with Crippen LogP contribution in [0.25, 0.3) is 72.3 Å². The summed E-state index contributed by atoms with van der Waals surface area (Å²) in [7, 11) is 0. The fraction of sp³-hybridized carbons (Fsp3) is 0.0357. The van der Waals surface area contributed by atoms with Crippen LogP contribution in [-0.4, -0.2) is 9.97 Å². The molecule has 3 aliphatic rings. The van der Waals surface area contributed by atoms with Crippen LogP contribution in [0.15, 0.2) is 194 Å². The minimum absolute atomic E-state index is 0.0319. The molecule has 0 fully saturated rings. The van der Waals surface area contributed by atoms with Gasteiger partial charge in [-0.15, -0.1) is 0 Å². The third-order valence-electron chi connectivity index (χ3n) is 13.0. The lowest BCUT2D eigenvalue weighted by molar-refractivity contribution is 0.442. The van der Waals surface area contributed by atoms with Gasteiger partial charge in [-0.1, -0.05) is 182 Å². The number of fused-ring (bicyclic) bond motifs is 16. The van der Waals surface area contributed by atoms with Gasteiger partial charge in [-0.2, -0.15) is 0 Å². The van der Waals surface area contributed by atoms with E-state index < -0.39 is 5.41 Å². The molecule has 13 rings (SSSR count).